The van der Waals surface area contributed by atoms with E-state index in [0.29, 0.717) is 24.5 Å². The van der Waals surface area contributed by atoms with Gasteiger partial charge in [-0.25, -0.2) is 18.4 Å². The second-order valence-electron chi connectivity index (χ2n) is 8.05. The fraction of sp³-hybridized carbons (Fsp3) is 0.474. The number of pyridine rings is 1. The summed E-state index contributed by atoms with van der Waals surface area (Å²) in [7, 11) is 0. The van der Waals surface area contributed by atoms with Gasteiger partial charge in [0, 0.05) is 11.9 Å². The lowest BCUT2D eigenvalue weighted by Crippen LogP contribution is -2.47. The molecule has 2 aliphatic heterocycles. The van der Waals surface area contributed by atoms with Crippen LogP contribution < -0.4 is 10.2 Å². The Bertz CT molecular complexity index is 992. The van der Waals surface area contributed by atoms with Crippen molar-refractivity contribution in [1.29, 1.82) is 0 Å². The number of anilines is 2. The summed E-state index contributed by atoms with van der Waals surface area (Å²) in [5, 5.41) is 7.01. The lowest BCUT2D eigenvalue weighted by atomic mass is 10.1. The summed E-state index contributed by atoms with van der Waals surface area (Å²) >= 11 is 0. The van der Waals surface area contributed by atoms with E-state index < -0.39 is 29.8 Å². The molecule has 0 saturated carbocycles. The Balaban J connectivity index is 1.54. The van der Waals surface area contributed by atoms with Crippen molar-refractivity contribution < 1.29 is 23.1 Å². The highest BCUT2D eigenvalue weighted by Gasteiger charge is 2.41. The lowest BCUT2D eigenvalue weighted by molar-refractivity contribution is 0.0871. The van der Waals surface area contributed by atoms with E-state index in [-0.39, 0.29) is 18.3 Å². The van der Waals surface area contributed by atoms with Crippen molar-refractivity contribution in [2.75, 3.05) is 16.8 Å². The van der Waals surface area contributed by atoms with Gasteiger partial charge in [0.2, 0.25) is 0 Å². The number of halogens is 2. The molecule has 4 heterocycles. The van der Waals surface area contributed by atoms with Gasteiger partial charge in [-0.15, -0.1) is 0 Å². The molecule has 0 bridgehead atoms. The summed E-state index contributed by atoms with van der Waals surface area (Å²) < 4.78 is 32.9. The molecule has 0 aliphatic carbocycles. The van der Waals surface area contributed by atoms with Gasteiger partial charge in [0.05, 0.1) is 43.3 Å². The largest absolute Gasteiger partial charge is 0.441 e. The molecular weight excluding hydrogens is 398 g/mol. The van der Waals surface area contributed by atoms with Crippen LogP contribution in [0.1, 0.15) is 38.6 Å². The van der Waals surface area contributed by atoms with Crippen molar-refractivity contribution in [2.45, 2.75) is 51.9 Å². The number of amides is 3. The van der Waals surface area contributed by atoms with E-state index >= 15 is 0 Å². The highest BCUT2D eigenvalue weighted by atomic mass is 19.3. The standard InChI is InChI=1S/C19H22F2N6O3/c1-11-8-27-15(14(7-23-27)26-10-19(2,3)30-18(26)29)9-25(11)17(28)24-12-4-5-22-13(6-12)16(20)21/h4-7,11,16H,8-10H2,1-3H3,(H,22,24,28). The van der Waals surface area contributed by atoms with Gasteiger partial charge < -0.3 is 15.0 Å². The predicted molar refractivity (Wildman–Crippen MR) is 103 cm³/mol. The number of alkyl halides is 2. The maximum absolute atomic E-state index is 12.9. The van der Waals surface area contributed by atoms with Gasteiger partial charge in [-0.05, 0) is 32.9 Å². The van der Waals surface area contributed by atoms with Crippen LogP contribution in [-0.2, 0) is 17.8 Å². The molecule has 0 aromatic carbocycles. The molecule has 2 aromatic rings. The molecule has 2 aliphatic rings. The first-order chi connectivity index (χ1) is 14.1. The number of urea groups is 1. The number of aromatic nitrogens is 3. The van der Waals surface area contributed by atoms with Gasteiger partial charge in [-0.3, -0.25) is 14.6 Å². The molecule has 1 saturated heterocycles. The zero-order valence-corrected chi connectivity index (χ0v) is 16.8. The van der Waals surface area contributed by atoms with Gasteiger partial charge in [-0.2, -0.15) is 5.10 Å². The second kappa shape index (κ2) is 7.22. The molecule has 1 fully saturated rings. The maximum atomic E-state index is 12.9. The highest BCUT2D eigenvalue weighted by molar-refractivity contribution is 5.92. The normalized spacial score (nSPS) is 20.3. The number of hydrogen-bond acceptors (Lipinski definition) is 5. The van der Waals surface area contributed by atoms with Crippen LogP contribution in [0, 0.1) is 0 Å². The Morgan fingerprint density at radius 2 is 2.17 bits per heavy atom. The monoisotopic (exact) mass is 420 g/mol. The van der Waals surface area contributed by atoms with E-state index in [4.69, 9.17) is 4.74 Å². The number of cyclic esters (lactones) is 1. The molecule has 160 valence electrons. The van der Waals surface area contributed by atoms with Crippen LogP contribution in [0.15, 0.2) is 24.5 Å². The zero-order valence-electron chi connectivity index (χ0n) is 16.8. The SMILES string of the molecule is CC1Cn2ncc(N3CC(C)(C)OC3=O)c2CN1C(=O)Nc1ccnc(C(F)F)c1. The Labute approximate surface area is 171 Å². The average molecular weight is 420 g/mol. The van der Waals surface area contributed by atoms with Crippen molar-refractivity contribution in [3.8, 4) is 0 Å². The van der Waals surface area contributed by atoms with Crippen LogP contribution in [0.3, 0.4) is 0 Å². The average Bonchev–Trinajstić information content (AvgIpc) is 3.19. The number of nitrogens with one attached hydrogen (secondary N) is 1. The number of nitrogens with zero attached hydrogens (tertiary/aromatic N) is 5. The lowest BCUT2D eigenvalue weighted by Gasteiger charge is -2.34. The third-order valence-corrected chi connectivity index (χ3v) is 5.15. The van der Waals surface area contributed by atoms with E-state index in [9.17, 15) is 18.4 Å². The van der Waals surface area contributed by atoms with Crippen molar-refractivity contribution >= 4 is 23.5 Å². The minimum Gasteiger partial charge on any atom is -0.441 e. The number of carbonyl (C=O) groups is 2. The minimum atomic E-state index is -2.72. The summed E-state index contributed by atoms with van der Waals surface area (Å²) in [6.07, 6.45) is -0.354. The summed E-state index contributed by atoms with van der Waals surface area (Å²) in [5.74, 6) is 0. The van der Waals surface area contributed by atoms with Crippen LogP contribution in [-0.4, -0.2) is 50.0 Å². The number of carbonyl (C=O) groups excluding carboxylic acids is 2. The molecule has 2 aromatic heterocycles. The Kier molecular flexibility index (Phi) is 4.83. The van der Waals surface area contributed by atoms with Crippen molar-refractivity contribution in [2.24, 2.45) is 0 Å². The Hall–Kier alpha value is -3.24. The van der Waals surface area contributed by atoms with Crippen LogP contribution in [0.5, 0.6) is 0 Å². The molecule has 1 unspecified atom stereocenters. The summed E-state index contributed by atoms with van der Waals surface area (Å²) in [4.78, 5) is 31.8. The molecule has 30 heavy (non-hydrogen) atoms. The molecule has 0 radical (unpaired) electrons. The topological polar surface area (TPSA) is 92.6 Å². The van der Waals surface area contributed by atoms with Gasteiger partial charge >= 0.3 is 12.1 Å². The maximum Gasteiger partial charge on any atom is 0.415 e. The third kappa shape index (κ3) is 3.66. The predicted octanol–water partition coefficient (Wildman–Crippen LogP) is 3.39. The first kappa shape index (κ1) is 20.0. The summed E-state index contributed by atoms with van der Waals surface area (Å²) in [6, 6.07) is 1.98. The van der Waals surface area contributed by atoms with Crippen LogP contribution in [0.2, 0.25) is 0 Å². The first-order valence-electron chi connectivity index (χ1n) is 9.51. The van der Waals surface area contributed by atoms with Crippen LogP contribution in [0.25, 0.3) is 0 Å². The highest BCUT2D eigenvalue weighted by Crippen LogP contribution is 2.33. The number of hydrogen-bond donors (Lipinski definition) is 1. The summed E-state index contributed by atoms with van der Waals surface area (Å²) in [6.45, 7) is 6.54. The number of ether oxygens (including phenoxy) is 1. The fourth-order valence-electron chi connectivity index (χ4n) is 3.68. The second-order valence-corrected chi connectivity index (χ2v) is 8.05. The van der Waals surface area contributed by atoms with Gasteiger partial charge in [0.1, 0.15) is 11.3 Å². The molecule has 3 amide bonds. The van der Waals surface area contributed by atoms with Crippen molar-refractivity contribution in [1.82, 2.24) is 19.7 Å². The quantitative estimate of drug-likeness (QED) is 0.822. The molecular formula is C19H22F2N6O3. The van der Waals surface area contributed by atoms with Gasteiger partial charge in [0.25, 0.3) is 6.43 Å². The molecule has 0 spiro atoms. The van der Waals surface area contributed by atoms with Crippen LogP contribution >= 0.6 is 0 Å². The van der Waals surface area contributed by atoms with Crippen molar-refractivity contribution in [3.63, 3.8) is 0 Å². The van der Waals surface area contributed by atoms with Gasteiger partial charge in [0.15, 0.2) is 0 Å². The first-order valence-corrected chi connectivity index (χ1v) is 9.51. The van der Waals surface area contributed by atoms with E-state index in [1.807, 2.05) is 20.8 Å². The smallest absolute Gasteiger partial charge is 0.415 e. The minimum absolute atomic E-state index is 0.191. The van der Waals surface area contributed by atoms with E-state index in [0.717, 1.165) is 6.07 Å². The third-order valence-electron chi connectivity index (χ3n) is 5.15. The van der Waals surface area contributed by atoms with E-state index in [1.54, 1.807) is 15.8 Å². The van der Waals surface area contributed by atoms with E-state index in [1.165, 1.54) is 17.2 Å². The molecule has 9 nitrogen and oxygen atoms in total. The molecule has 1 atom stereocenters. The molecule has 4 rings (SSSR count). The molecule has 11 heteroatoms. The van der Waals surface area contributed by atoms with Gasteiger partial charge in [-0.1, -0.05) is 0 Å². The van der Waals surface area contributed by atoms with E-state index in [2.05, 4.69) is 15.4 Å². The van der Waals surface area contributed by atoms with Crippen LogP contribution in [0.4, 0.5) is 29.7 Å². The fourth-order valence-corrected chi connectivity index (χ4v) is 3.68. The molecule has 1 N–H and O–H groups in total. The Morgan fingerprint density at radius 3 is 2.83 bits per heavy atom. The number of fused-ring (bicyclic) bond motifs is 1. The Morgan fingerprint density at radius 1 is 1.40 bits per heavy atom. The number of rotatable bonds is 3. The van der Waals surface area contributed by atoms with Crippen molar-refractivity contribution in [3.05, 3.63) is 35.9 Å². The summed E-state index contributed by atoms with van der Waals surface area (Å²) in [5.41, 5.74) is 0.519. The zero-order chi connectivity index (χ0) is 21.6.